The third-order valence-corrected chi connectivity index (χ3v) is 4.74. The van der Waals surface area contributed by atoms with E-state index in [2.05, 4.69) is 10.6 Å². The van der Waals surface area contributed by atoms with Crippen molar-refractivity contribution in [1.29, 1.82) is 0 Å². The van der Waals surface area contributed by atoms with Gasteiger partial charge in [-0.25, -0.2) is 4.39 Å². The van der Waals surface area contributed by atoms with E-state index in [-0.39, 0.29) is 22.9 Å². The average molecular weight is 325 g/mol. The number of amides is 2. The number of carbonyl (C=O) groups excluding carboxylic acids is 2. The van der Waals surface area contributed by atoms with Gasteiger partial charge in [0, 0.05) is 12.3 Å². The fourth-order valence-corrected chi connectivity index (χ4v) is 3.36. The van der Waals surface area contributed by atoms with E-state index < -0.39 is 6.04 Å². The molecule has 1 aromatic rings. The van der Waals surface area contributed by atoms with E-state index in [0.717, 1.165) is 0 Å². The standard InChI is InChI=1S/C15H20FN3O2S/c16-11-5-2-1-4-10(11)8-13-15(21)19-12(9-22-13)14(20)18-7-3-6-17/h1-2,4-5,12-13H,3,6-9,17H2,(H,18,20)(H,19,21). The lowest BCUT2D eigenvalue weighted by Gasteiger charge is -2.28. The maximum atomic E-state index is 13.6. The summed E-state index contributed by atoms with van der Waals surface area (Å²) in [6.45, 7) is 1.02. The molecule has 1 fully saturated rings. The van der Waals surface area contributed by atoms with Gasteiger partial charge in [-0.2, -0.15) is 0 Å². The van der Waals surface area contributed by atoms with Gasteiger partial charge in [-0.05, 0) is 31.0 Å². The smallest absolute Gasteiger partial charge is 0.243 e. The summed E-state index contributed by atoms with van der Waals surface area (Å²) in [7, 11) is 0. The van der Waals surface area contributed by atoms with Gasteiger partial charge >= 0.3 is 0 Å². The van der Waals surface area contributed by atoms with E-state index in [1.165, 1.54) is 17.8 Å². The molecule has 2 rings (SSSR count). The first-order chi connectivity index (χ1) is 10.6. The van der Waals surface area contributed by atoms with Crippen LogP contribution in [0.3, 0.4) is 0 Å². The Bertz CT molecular complexity index is 541. The number of hydrogen-bond donors (Lipinski definition) is 3. The molecule has 5 nitrogen and oxygen atoms in total. The Hall–Kier alpha value is -1.60. The van der Waals surface area contributed by atoms with Gasteiger partial charge in [-0.3, -0.25) is 9.59 Å². The average Bonchev–Trinajstić information content (AvgIpc) is 2.51. The van der Waals surface area contributed by atoms with Gasteiger partial charge in [0.15, 0.2) is 0 Å². The Kier molecular flexibility index (Phi) is 6.21. The van der Waals surface area contributed by atoms with Crippen LogP contribution in [0, 0.1) is 5.82 Å². The molecule has 0 aromatic heterocycles. The van der Waals surface area contributed by atoms with Crippen LogP contribution < -0.4 is 16.4 Å². The van der Waals surface area contributed by atoms with Crippen molar-refractivity contribution in [2.75, 3.05) is 18.8 Å². The number of rotatable bonds is 6. The molecule has 0 bridgehead atoms. The van der Waals surface area contributed by atoms with Crippen LogP contribution >= 0.6 is 11.8 Å². The minimum absolute atomic E-state index is 0.196. The second-order valence-electron chi connectivity index (χ2n) is 5.11. The highest BCUT2D eigenvalue weighted by Gasteiger charge is 2.32. The molecule has 1 saturated heterocycles. The van der Waals surface area contributed by atoms with Gasteiger partial charge in [0.05, 0.1) is 5.25 Å². The lowest BCUT2D eigenvalue weighted by molar-refractivity contribution is -0.128. The van der Waals surface area contributed by atoms with Crippen LogP contribution in [0.5, 0.6) is 0 Å². The lowest BCUT2D eigenvalue weighted by atomic mass is 10.1. The van der Waals surface area contributed by atoms with Gasteiger partial charge < -0.3 is 16.4 Å². The van der Waals surface area contributed by atoms with Crippen LogP contribution in [0.25, 0.3) is 0 Å². The Balaban J connectivity index is 1.86. The molecule has 2 unspecified atom stereocenters. The first-order valence-electron chi connectivity index (χ1n) is 7.25. The van der Waals surface area contributed by atoms with E-state index >= 15 is 0 Å². The fourth-order valence-electron chi connectivity index (χ4n) is 2.19. The van der Waals surface area contributed by atoms with Crippen molar-refractivity contribution in [3.05, 3.63) is 35.6 Å². The molecule has 0 saturated carbocycles. The number of nitrogens with two attached hydrogens (primary N) is 1. The van der Waals surface area contributed by atoms with Gasteiger partial charge in [-0.15, -0.1) is 11.8 Å². The minimum atomic E-state index is -0.535. The predicted octanol–water partition coefficient (Wildman–Crippen LogP) is 0.433. The van der Waals surface area contributed by atoms with Gasteiger partial charge in [0.25, 0.3) is 0 Å². The zero-order valence-corrected chi connectivity index (χ0v) is 13.0. The summed E-state index contributed by atoms with van der Waals surface area (Å²) in [4.78, 5) is 24.0. The van der Waals surface area contributed by atoms with E-state index in [0.29, 0.717) is 37.2 Å². The van der Waals surface area contributed by atoms with Crippen molar-refractivity contribution in [3.8, 4) is 0 Å². The molecule has 22 heavy (non-hydrogen) atoms. The number of carbonyl (C=O) groups is 2. The second-order valence-corrected chi connectivity index (χ2v) is 6.35. The molecule has 1 heterocycles. The summed E-state index contributed by atoms with van der Waals surface area (Å²) >= 11 is 1.39. The van der Waals surface area contributed by atoms with Gasteiger partial charge in [0.2, 0.25) is 11.8 Å². The number of halogens is 1. The molecule has 2 amide bonds. The maximum absolute atomic E-state index is 13.6. The maximum Gasteiger partial charge on any atom is 0.243 e. The molecule has 1 aliphatic heterocycles. The topological polar surface area (TPSA) is 84.2 Å². The molecule has 1 aromatic carbocycles. The zero-order chi connectivity index (χ0) is 15.9. The Morgan fingerprint density at radius 3 is 2.91 bits per heavy atom. The van der Waals surface area contributed by atoms with E-state index in [1.807, 2.05) is 0 Å². The van der Waals surface area contributed by atoms with Crippen molar-refractivity contribution in [1.82, 2.24) is 10.6 Å². The van der Waals surface area contributed by atoms with E-state index in [9.17, 15) is 14.0 Å². The number of hydrogen-bond acceptors (Lipinski definition) is 4. The molecular weight excluding hydrogens is 305 g/mol. The summed E-state index contributed by atoms with van der Waals surface area (Å²) in [6, 6.07) is 5.89. The molecule has 7 heteroatoms. The van der Waals surface area contributed by atoms with Crippen LogP contribution in [0.4, 0.5) is 4.39 Å². The van der Waals surface area contributed by atoms with Crippen LogP contribution in [-0.4, -0.2) is 41.9 Å². The van der Waals surface area contributed by atoms with Gasteiger partial charge in [0.1, 0.15) is 11.9 Å². The number of benzene rings is 1. The van der Waals surface area contributed by atoms with E-state index in [1.54, 1.807) is 18.2 Å². The van der Waals surface area contributed by atoms with Crippen molar-refractivity contribution in [2.24, 2.45) is 5.73 Å². The lowest BCUT2D eigenvalue weighted by Crippen LogP contribution is -2.54. The van der Waals surface area contributed by atoms with Crippen molar-refractivity contribution >= 4 is 23.6 Å². The Morgan fingerprint density at radius 1 is 1.45 bits per heavy atom. The first-order valence-corrected chi connectivity index (χ1v) is 8.30. The highest BCUT2D eigenvalue weighted by Crippen LogP contribution is 2.23. The van der Waals surface area contributed by atoms with Gasteiger partial charge in [-0.1, -0.05) is 18.2 Å². The molecule has 4 N–H and O–H groups in total. The molecular formula is C15H20FN3O2S. The Labute approximate surface area is 133 Å². The molecule has 120 valence electrons. The zero-order valence-electron chi connectivity index (χ0n) is 12.2. The normalized spacial score (nSPS) is 21.3. The molecule has 0 spiro atoms. The highest BCUT2D eigenvalue weighted by atomic mass is 32.2. The molecule has 0 radical (unpaired) electrons. The summed E-state index contributed by atoms with van der Waals surface area (Å²) in [6.07, 6.45) is 1.03. The third kappa shape index (κ3) is 4.45. The number of thioether (sulfide) groups is 1. The Morgan fingerprint density at radius 2 is 2.23 bits per heavy atom. The van der Waals surface area contributed by atoms with Crippen molar-refractivity contribution < 1.29 is 14.0 Å². The summed E-state index contributed by atoms with van der Waals surface area (Å²) < 4.78 is 13.6. The predicted molar refractivity (Wildman–Crippen MR) is 85.0 cm³/mol. The highest BCUT2D eigenvalue weighted by molar-refractivity contribution is 8.00. The van der Waals surface area contributed by atoms with Crippen molar-refractivity contribution in [2.45, 2.75) is 24.1 Å². The SMILES string of the molecule is NCCCNC(=O)C1CSC(Cc2ccccc2F)C(=O)N1. The number of nitrogens with one attached hydrogen (secondary N) is 2. The summed E-state index contributed by atoms with van der Waals surface area (Å²) in [5.41, 5.74) is 5.88. The molecule has 1 aliphatic rings. The van der Waals surface area contributed by atoms with E-state index in [4.69, 9.17) is 5.73 Å². The van der Waals surface area contributed by atoms with Crippen LogP contribution in [0.15, 0.2) is 24.3 Å². The van der Waals surface area contributed by atoms with Crippen LogP contribution in [0.1, 0.15) is 12.0 Å². The van der Waals surface area contributed by atoms with Crippen molar-refractivity contribution in [3.63, 3.8) is 0 Å². The largest absolute Gasteiger partial charge is 0.354 e. The van der Waals surface area contributed by atoms with Crippen LogP contribution in [0.2, 0.25) is 0 Å². The monoisotopic (exact) mass is 325 g/mol. The summed E-state index contributed by atoms with van der Waals surface area (Å²) in [5.74, 6) is -0.242. The second kappa shape index (κ2) is 8.14. The molecule has 2 atom stereocenters. The fraction of sp³-hybridized carbons (Fsp3) is 0.467. The summed E-state index contributed by atoms with van der Waals surface area (Å²) in [5, 5.41) is 5.08. The van der Waals surface area contributed by atoms with Crippen LogP contribution in [-0.2, 0) is 16.0 Å². The molecule has 0 aliphatic carbocycles. The minimum Gasteiger partial charge on any atom is -0.354 e. The first kappa shape index (κ1) is 16.8. The third-order valence-electron chi connectivity index (χ3n) is 3.43. The quantitative estimate of drug-likeness (QED) is 0.663.